The van der Waals surface area contributed by atoms with Crippen molar-refractivity contribution in [3.63, 3.8) is 0 Å². The molecule has 5 nitrogen and oxygen atoms in total. The summed E-state index contributed by atoms with van der Waals surface area (Å²) in [6.07, 6.45) is -0.113. The molecule has 2 aromatic carbocycles. The summed E-state index contributed by atoms with van der Waals surface area (Å²) >= 11 is 0. The fourth-order valence-corrected chi connectivity index (χ4v) is 3.28. The predicted molar refractivity (Wildman–Crippen MR) is 88.2 cm³/mol. The van der Waals surface area contributed by atoms with E-state index in [-0.39, 0.29) is 24.8 Å². The molecular formula is C19H19NO4. The molecule has 2 aliphatic rings. The van der Waals surface area contributed by atoms with Gasteiger partial charge in [0.15, 0.2) is 11.5 Å². The highest BCUT2D eigenvalue weighted by atomic mass is 16.7. The van der Waals surface area contributed by atoms with Crippen LogP contribution in [0.3, 0.4) is 0 Å². The Labute approximate surface area is 140 Å². The number of carbonyl (C=O) groups excluding carboxylic acids is 1. The Hall–Kier alpha value is -2.53. The van der Waals surface area contributed by atoms with Crippen LogP contribution in [0.5, 0.6) is 11.5 Å². The molecule has 0 aromatic heterocycles. The molecule has 0 radical (unpaired) electrons. The lowest BCUT2D eigenvalue weighted by Gasteiger charge is -2.39. The summed E-state index contributed by atoms with van der Waals surface area (Å²) in [5.74, 6) is 1.30. The van der Waals surface area contributed by atoms with Crippen molar-refractivity contribution in [1.82, 2.24) is 4.90 Å². The standard InChI is InChI=1S/C19H19NO4/c1-13-18(14-5-3-2-4-6-14)22-10-9-20(13)19(21)15-7-8-16-17(11-15)24-12-23-16/h2-8,11,13,18H,9-10,12H2,1H3. The number of amides is 1. The first kappa shape index (κ1) is 15.0. The summed E-state index contributed by atoms with van der Waals surface area (Å²) in [6, 6.07) is 15.3. The van der Waals surface area contributed by atoms with E-state index < -0.39 is 0 Å². The fourth-order valence-electron chi connectivity index (χ4n) is 3.28. The summed E-state index contributed by atoms with van der Waals surface area (Å²) in [5, 5.41) is 0. The summed E-state index contributed by atoms with van der Waals surface area (Å²) in [6.45, 7) is 3.34. The zero-order valence-electron chi connectivity index (χ0n) is 13.5. The van der Waals surface area contributed by atoms with Crippen molar-refractivity contribution in [2.24, 2.45) is 0 Å². The lowest BCUT2D eigenvalue weighted by atomic mass is 9.99. The SMILES string of the molecule is CC1C(c2ccccc2)OCCN1C(=O)c1ccc2c(c1)OCO2. The van der Waals surface area contributed by atoms with E-state index in [9.17, 15) is 4.79 Å². The topological polar surface area (TPSA) is 48.0 Å². The second kappa shape index (κ2) is 6.17. The maximum absolute atomic E-state index is 13.0. The molecule has 2 atom stereocenters. The molecule has 2 aromatic rings. The van der Waals surface area contributed by atoms with Crippen molar-refractivity contribution < 1.29 is 19.0 Å². The van der Waals surface area contributed by atoms with Gasteiger partial charge < -0.3 is 19.1 Å². The second-order valence-corrected chi connectivity index (χ2v) is 6.01. The van der Waals surface area contributed by atoms with Gasteiger partial charge in [-0.1, -0.05) is 30.3 Å². The number of carbonyl (C=O) groups is 1. The van der Waals surface area contributed by atoms with Crippen LogP contribution in [0.25, 0.3) is 0 Å². The molecule has 1 amide bonds. The van der Waals surface area contributed by atoms with Gasteiger partial charge in [0.05, 0.1) is 12.6 Å². The van der Waals surface area contributed by atoms with Crippen LogP contribution < -0.4 is 9.47 Å². The monoisotopic (exact) mass is 325 g/mol. The van der Waals surface area contributed by atoms with Gasteiger partial charge in [0.25, 0.3) is 5.91 Å². The highest BCUT2D eigenvalue weighted by molar-refractivity contribution is 5.95. The van der Waals surface area contributed by atoms with Gasteiger partial charge in [-0.3, -0.25) is 4.79 Å². The van der Waals surface area contributed by atoms with Crippen LogP contribution in [0.2, 0.25) is 0 Å². The number of hydrogen-bond acceptors (Lipinski definition) is 4. The smallest absolute Gasteiger partial charge is 0.254 e. The van der Waals surface area contributed by atoms with Gasteiger partial charge in [0.2, 0.25) is 6.79 Å². The van der Waals surface area contributed by atoms with Gasteiger partial charge in [0.1, 0.15) is 6.10 Å². The zero-order chi connectivity index (χ0) is 16.5. The molecule has 2 aliphatic heterocycles. The van der Waals surface area contributed by atoms with Crippen molar-refractivity contribution in [1.29, 1.82) is 0 Å². The van der Waals surface area contributed by atoms with E-state index in [4.69, 9.17) is 14.2 Å². The minimum Gasteiger partial charge on any atom is -0.454 e. The number of nitrogens with zero attached hydrogens (tertiary/aromatic N) is 1. The minimum absolute atomic E-state index is 0.00923. The molecule has 2 unspecified atom stereocenters. The summed E-state index contributed by atoms with van der Waals surface area (Å²) in [7, 11) is 0. The Morgan fingerprint density at radius 2 is 1.88 bits per heavy atom. The highest BCUT2D eigenvalue weighted by Crippen LogP contribution is 2.34. The molecule has 1 saturated heterocycles. The van der Waals surface area contributed by atoms with Gasteiger partial charge in [0, 0.05) is 12.1 Å². The van der Waals surface area contributed by atoms with E-state index in [0.29, 0.717) is 30.2 Å². The van der Waals surface area contributed by atoms with Gasteiger partial charge >= 0.3 is 0 Å². The minimum atomic E-state index is -0.113. The molecule has 24 heavy (non-hydrogen) atoms. The normalized spacial score (nSPS) is 22.5. The van der Waals surface area contributed by atoms with Crippen LogP contribution in [0.4, 0.5) is 0 Å². The fraction of sp³-hybridized carbons (Fsp3) is 0.316. The first-order chi connectivity index (χ1) is 11.7. The lowest BCUT2D eigenvalue weighted by molar-refractivity contribution is -0.0551. The Kier molecular flexibility index (Phi) is 3.86. The van der Waals surface area contributed by atoms with Gasteiger partial charge in [-0.15, -0.1) is 0 Å². The molecule has 0 spiro atoms. The van der Waals surface area contributed by atoms with Crippen molar-refractivity contribution >= 4 is 5.91 Å². The number of ether oxygens (including phenoxy) is 3. The van der Waals surface area contributed by atoms with Crippen LogP contribution in [-0.4, -0.2) is 36.8 Å². The van der Waals surface area contributed by atoms with E-state index in [1.54, 1.807) is 18.2 Å². The Bertz CT molecular complexity index is 746. The highest BCUT2D eigenvalue weighted by Gasteiger charge is 2.33. The van der Waals surface area contributed by atoms with Gasteiger partial charge in [-0.25, -0.2) is 0 Å². The Morgan fingerprint density at radius 1 is 1.08 bits per heavy atom. The summed E-state index contributed by atoms with van der Waals surface area (Å²) in [5.41, 5.74) is 1.70. The van der Waals surface area contributed by atoms with E-state index in [2.05, 4.69) is 0 Å². The summed E-state index contributed by atoms with van der Waals surface area (Å²) in [4.78, 5) is 14.8. The molecule has 0 saturated carbocycles. The van der Waals surface area contributed by atoms with Crippen molar-refractivity contribution in [3.8, 4) is 11.5 Å². The molecule has 0 bridgehead atoms. The largest absolute Gasteiger partial charge is 0.454 e. The third-order valence-electron chi connectivity index (χ3n) is 4.57. The average molecular weight is 325 g/mol. The zero-order valence-corrected chi connectivity index (χ0v) is 13.5. The van der Waals surface area contributed by atoms with Gasteiger partial charge in [-0.05, 0) is 30.7 Å². The number of rotatable bonds is 2. The maximum atomic E-state index is 13.0. The van der Waals surface area contributed by atoms with Crippen LogP contribution in [0.1, 0.15) is 28.9 Å². The number of morpholine rings is 1. The van der Waals surface area contributed by atoms with Crippen LogP contribution >= 0.6 is 0 Å². The first-order valence-corrected chi connectivity index (χ1v) is 8.11. The predicted octanol–water partition coefficient (Wildman–Crippen LogP) is 3.02. The quantitative estimate of drug-likeness (QED) is 0.851. The molecule has 2 heterocycles. The van der Waals surface area contributed by atoms with E-state index >= 15 is 0 Å². The van der Waals surface area contributed by atoms with Crippen molar-refractivity contribution in [3.05, 3.63) is 59.7 Å². The van der Waals surface area contributed by atoms with Crippen molar-refractivity contribution in [2.45, 2.75) is 19.1 Å². The Balaban J connectivity index is 1.58. The molecule has 1 fully saturated rings. The van der Waals surface area contributed by atoms with Gasteiger partial charge in [-0.2, -0.15) is 0 Å². The molecule has 0 aliphatic carbocycles. The van der Waals surface area contributed by atoms with Crippen LogP contribution in [0.15, 0.2) is 48.5 Å². The number of benzene rings is 2. The third kappa shape index (κ3) is 2.61. The average Bonchev–Trinajstić information content (AvgIpc) is 3.10. The van der Waals surface area contributed by atoms with E-state index in [0.717, 1.165) is 5.56 Å². The number of hydrogen-bond donors (Lipinski definition) is 0. The van der Waals surface area contributed by atoms with E-state index in [1.165, 1.54) is 0 Å². The van der Waals surface area contributed by atoms with Crippen LogP contribution in [-0.2, 0) is 4.74 Å². The summed E-state index contributed by atoms with van der Waals surface area (Å²) < 4.78 is 16.6. The number of fused-ring (bicyclic) bond motifs is 1. The van der Waals surface area contributed by atoms with Crippen molar-refractivity contribution in [2.75, 3.05) is 19.9 Å². The second-order valence-electron chi connectivity index (χ2n) is 6.01. The molecule has 4 rings (SSSR count). The lowest BCUT2D eigenvalue weighted by Crippen LogP contribution is -2.48. The third-order valence-corrected chi connectivity index (χ3v) is 4.57. The first-order valence-electron chi connectivity index (χ1n) is 8.11. The Morgan fingerprint density at radius 3 is 2.71 bits per heavy atom. The van der Waals surface area contributed by atoms with E-state index in [1.807, 2.05) is 42.2 Å². The molecule has 5 heteroatoms. The maximum Gasteiger partial charge on any atom is 0.254 e. The van der Waals surface area contributed by atoms with Crippen LogP contribution in [0, 0.1) is 0 Å². The molecule has 124 valence electrons. The molecular weight excluding hydrogens is 306 g/mol. The molecule has 0 N–H and O–H groups in total.